The van der Waals surface area contributed by atoms with Crippen molar-refractivity contribution >= 4 is 19.8 Å². The summed E-state index contributed by atoms with van der Waals surface area (Å²) in [5.41, 5.74) is -1.51. The van der Waals surface area contributed by atoms with Gasteiger partial charge in [0.25, 0.3) is 8.05 Å². The Balaban J connectivity index is 5.66. The second-order valence-corrected chi connectivity index (χ2v) is 5.21. The number of carbonyl (C=O) groups excluding carboxylic acids is 2. The summed E-state index contributed by atoms with van der Waals surface area (Å²) < 4.78 is 10.4. The van der Waals surface area contributed by atoms with Gasteiger partial charge in [-0.1, -0.05) is 20.8 Å². The summed E-state index contributed by atoms with van der Waals surface area (Å²) in [4.78, 5) is 24.0. The highest BCUT2D eigenvalue weighted by Crippen LogP contribution is 2.42. The first kappa shape index (κ1) is 17.2. The molecular weight excluding hydrogens is 231 g/mol. The van der Waals surface area contributed by atoms with E-state index in [1.807, 2.05) is 20.8 Å². The topological polar surface area (TPSA) is 52.6 Å². The van der Waals surface area contributed by atoms with E-state index < -0.39 is 16.9 Å². The minimum Gasteiger partial charge on any atom is -0.469 e. The molecule has 0 spiro atoms. The molecule has 104 valence electrons. The number of esters is 1. The second-order valence-electron chi connectivity index (χ2n) is 5.21. The summed E-state index contributed by atoms with van der Waals surface area (Å²) in [6.07, 6.45) is 0.680. The van der Waals surface area contributed by atoms with Gasteiger partial charge in [-0.2, -0.15) is 0 Å². The maximum absolute atomic E-state index is 12.0. The van der Waals surface area contributed by atoms with Crippen molar-refractivity contribution in [2.24, 2.45) is 10.8 Å². The van der Waals surface area contributed by atoms with Gasteiger partial charge in [0.1, 0.15) is 5.78 Å². The number of rotatable bonds is 7. The zero-order valence-corrected chi connectivity index (χ0v) is 12.6. The Morgan fingerprint density at radius 2 is 1.61 bits per heavy atom. The average molecular weight is 256 g/mol. The standard InChI is InChI=1S/C13H25BO4/c1-7-12(4,9(3)15)10(18-14)13(5,8-2)11(16)17-6/h10H,7-8,14H2,1-6H3. The van der Waals surface area contributed by atoms with Crippen molar-refractivity contribution in [1.82, 2.24) is 0 Å². The molecule has 0 aromatic heterocycles. The van der Waals surface area contributed by atoms with Crippen LogP contribution < -0.4 is 0 Å². The van der Waals surface area contributed by atoms with Gasteiger partial charge >= 0.3 is 5.97 Å². The van der Waals surface area contributed by atoms with E-state index in [-0.39, 0.29) is 11.8 Å². The number of methoxy groups -OCH3 is 1. The summed E-state index contributed by atoms with van der Waals surface area (Å²) >= 11 is 0. The smallest absolute Gasteiger partial charge is 0.314 e. The van der Waals surface area contributed by atoms with Crippen LogP contribution in [-0.2, 0) is 19.0 Å². The van der Waals surface area contributed by atoms with Crippen LogP contribution in [0.15, 0.2) is 0 Å². The first-order valence-corrected chi connectivity index (χ1v) is 6.36. The molecule has 0 aromatic carbocycles. The number of hydrogen-bond acceptors (Lipinski definition) is 4. The molecule has 0 radical (unpaired) electrons. The van der Waals surface area contributed by atoms with Gasteiger partial charge in [-0.25, -0.2) is 0 Å². The number of hydrogen-bond donors (Lipinski definition) is 0. The third kappa shape index (κ3) is 2.77. The number of ketones is 1. The first-order chi connectivity index (χ1) is 8.24. The third-order valence-corrected chi connectivity index (χ3v) is 4.32. The number of Topliss-reactive ketones (excluding diaryl/α,β-unsaturated/α-hetero) is 1. The minimum atomic E-state index is -0.820. The summed E-state index contributed by atoms with van der Waals surface area (Å²) in [5.74, 6) is -0.307. The molecule has 0 rings (SSSR count). The van der Waals surface area contributed by atoms with E-state index >= 15 is 0 Å². The predicted octanol–water partition coefficient (Wildman–Crippen LogP) is 1.51. The summed E-state index contributed by atoms with van der Waals surface area (Å²) in [6, 6.07) is 0. The SMILES string of the molecule is BOC(C(C)(CC)C(C)=O)C(C)(CC)C(=O)OC. The number of carbonyl (C=O) groups is 2. The van der Waals surface area contributed by atoms with Crippen LogP contribution in [-0.4, -0.2) is 33.0 Å². The molecule has 0 aliphatic heterocycles. The lowest BCUT2D eigenvalue weighted by Crippen LogP contribution is -2.53. The van der Waals surface area contributed by atoms with Gasteiger partial charge < -0.3 is 9.39 Å². The van der Waals surface area contributed by atoms with Crippen LogP contribution in [0.3, 0.4) is 0 Å². The van der Waals surface area contributed by atoms with Crippen molar-refractivity contribution in [3.63, 3.8) is 0 Å². The molecule has 0 saturated heterocycles. The van der Waals surface area contributed by atoms with E-state index in [0.717, 1.165) is 0 Å². The molecule has 0 heterocycles. The lowest BCUT2D eigenvalue weighted by atomic mass is 9.65. The van der Waals surface area contributed by atoms with Crippen molar-refractivity contribution in [1.29, 1.82) is 0 Å². The van der Waals surface area contributed by atoms with Crippen LogP contribution in [0.5, 0.6) is 0 Å². The maximum Gasteiger partial charge on any atom is 0.314 e. The van der Waals surface area contributed by atoms with E-state index in [1.165, 1.54) is 7.11 Å². The third-order valence-electron chi connectivity index (χ3n) is 4.32. The molecule has 0 N–H and O–H groups in total. The van der Waals surface area contributed by atoms with Gasteiger partial charge in [0.2, 0.25) is 0 Å². The van der Waals surface area contributed by atoms with Crippen molar-refractivity contribution in [3.8, 4) is 0 Å². The van der Waals surface area contributed by atoms with E-state index in [0.29, 0.717) is 12.8 Å². The van der Waals surface area contributed by atoms with Crippen molar-refractivity contribution in [2.75, 3.05) is 7.11 Å². The van der Waals surface area contributed by atoms with Crippen LogP contribution in [0, 0.1) is 10.8 Å². The fourth-order valence-electron chi connectivity index (χ4n) is 2.51. The summed E-state index contributed by atoms with van der Waals surface area (Å²) in [7, 11) is 2.90. The van der Waals surface area contributed by atoms with Crippen LogP contribution >= 0.6 is 0 Å². The summed E-state index contributed by atoms with van der Waals surface area (Å²) in [6.45, 7) is 9.02. The first-order valence-electron chi connectivity index (χ1n) is 6.36. The van der Waals surface area contributed by atoms with Gasteiger partial charge in [0.15, 0.2) is 0 Å². The van der Waals surface area contributed by atoms with Crippen LogP contribution in [0.2, 0.25) is 0 Å². The predicted molar refractivity (Wildman–Crippen MR) is 72.9 cm³/mol. The number of ether oxygens (including phenoxy) is 1. The molecule has 0 aliphatic rings. The molecule has 0 fully saturated rings. The maximum atomic E-state index is 12.0. The van der Waals surface area contributed by atoms with Crippen molar-refractivity contribution < 1.29 is 19.0 Å². The normalized spacial score (nSPS) is 19.4. The zero-order valence-electron chi connectivity index (χ0n) is 12.6. The lowest BCUT2D eigenvalue weighted by Gasteiger charge is -2.44. The molecule has 0 aliphatic carbocycles. The molecule has 3 unspecified atom stereocenters. The molecule has 0 saturated carbocycles. The lowest BCUT2D eigenvalue weighted by molar-refractivity contribution is -0.166. The minimum absolute atomic E-state index is 0.0282. The summed E-state index contributed by atoms with van der Waals surface area (Å²) in [5, 5.41) is 0. The second kappa shape index (κ2) is 6.37. The quantitative estimate of drug-likeness (QED) is 0.512. The molecule has 5 heteroatoms. The monoisotopic (exact) mass is 256 g/mol. The van der Waals surface area contributed by atoms with Crippen molar-refractivity contribution in [3.05, 3.63) is 0 Å². The van der Waals surface area contributed by atoms with E-state index in [1.54, 1.807) is 21.9 Å². The van der Waals surface area contributed by atoms with E-state index in [9.17, 15) is 9.59 Å². The van der Waals surface area contributed by atoms with Gasteiger partial charge in [0.05, 0.1) is 24.0 Å². The Bertz CT molecular complexity index is 318. The molecule has 4 nitrogen and oxygen atoms in total. The van der Waals surface area contributed by atoms with Gasteiger partial charge in [-0.05, 0) is 26.7 Å². The highest BCUT2D eigenvalue weighted by atomic mass is 16.5. The average Bonchev–Trinajstić information content (AvgIpc) is 2.37. The van der Waals surface area contributed by atoms with Crippen LogP contribution in [0.4, 0.5) is 0 Å². The highest BCUT2D eigenvalue weighted by Gasteiger charge is 2.51. The Morgan fingerprint density at radius 1 is 1.17 bits per heavy atom. The fraction of sp³-hybridized carbons (Fsp3) is 0.846. The highest BCUT2D eigenvalue weighted by molar-refractivity contribution is 5.99. The van der Waals surface area contributed by atoms with Gasteiger partial charge in [-0.3, -0.25) is 9.59 Å². The van der Waals surface area contributed by atoms with Crippen molar-refractivity contribution in [2.45, 2.75) is 53.6 Å². The fourth-order valence-corrected chi connectivity index (χ4v) is 2.51. The molecule has 0 amide bonds. The Hall–Kier alpha value is -0.835. The Kier molecular flexibility index (Phi) is 6.07. The van der Waals surface area contributed by atoms with Gasteiger partial charge in [-0.15, -0.1) is 0 Å². The molecule has 0 aromatic rings. The van der Waals surface area contributed by atoms with E-state index in [2.05, 4.69) is 0 Å². The molecular formula is C13H25BO4. The van der Waals surface area contributed by atoms with Crippen LogP contribution in [0.1, 0.15) is 47.5 Å². The Labute approximate surface area is 111 Å². The molecule has 3 atom stereocenters. The molecule has 0 bridgehead atoms. The van der Waals surface area contributed by atoms with Gasteiger partial charge in [0, 0.05) is 0 Å². The molecule has 18 heavy (non-hydrogen) atoms. The van der Waals surface area contributed by atoms with Crippen LogP contribution in [0.25, 0.3) is 0 Å². The zero-order chi connectivity index (χ0) is 14.6. The largest absolute Gasteiger partial charge is 0.469 e. The van der Waals surface area contributed by atoms with E-state index in [4.69, 9.17) is 9.39 Å². The Morgan fingerprint density at radius 3 is 1.83 bits per heavy atom.